The van der Waals surface area contributed by atoms with Crippen LogP contribution >= 0.6 is 0 Å². The minimum atomic E-state index is -0.556. The molecule has 8 heteroatoms. The number of H-pyrrole nitrogens is 1. The number of fused-ring (bicyclic) bond motifs is 1. The normalized spacial score (nSPS) is 17.5. The highest BCUT2D eigenvalue weighted by Gasteiger charge is 2.27. The Morgan fingerprint density at radius 2 is 2.14 bits per heavy atom. The van der Waals surface area contributed by atoms with Gasteiger partial charge in [0, 0.05) is 25.3 Å². The van der Waals surface area contributed by atoms with Gasteiger partial charge in [0.2, 0.25) is 0 Å². The lowest BCUT2D eigenvalue weighted by Gasteiger charge is -2.33. The Bertz CT molecular complexity index is 990. The van der Waals surface area contributed by atoms with Crippen molar-refractivity contribution >= 4 is 16.9 Å². The van der Waals surface area contributed by atoms with Crippen molar-refractivity contribution in [2.45, 2.75) is 46.1 Å². The average Bonchev–Trinajstić information content (AvgIpc) is 2.67. The third-order valence-electron chi connectivity index (χ3n) is 5.41. The van der Waals surface area contributed by atoms with Crippen LogP contribution in [-0.4, -0.2) is 52.0 Å². The largest absolute Gasteiger partial charge is 0.338 e. The first kappa shape index (κ1) is 20.3. The van der Waals surface area contributed by atoms with E-state index < -0.39 is 11.2 Å². The van der Waals surface area contributed by atoms with Crippen LogP contribution in [0.5, 0.6) is 0 Å². The van der Waals surface area contributed by atoms with Crippen LogP contribution in [0.15, 0.2) is 15.7 Å². The van der Waals surface area contributed by atoms with E-state index in [0.717, 1.165) is 19.4 Å². The van der Waals surface area contributed by atoms with Crippen LogP contribution in [0.2, 0.25) is 0 Å². The van der Waals surface area contributed by atoms with Crippen LogP contribution in [0.3, 0.4) is 0 Å². The number of rotatable bonds is 5. The van der Waals surface area contributed by atoms with Crippen LogP contribution in [0.25, 0.3) is 11.0 Å². The molecule has 0 bridgehead atoms. The summed E-state index contributed by atoms with van der Waals surface area (Å²) in [6.07, 6.45) is 2.02. The van der Waals surface area contributed by atoms with Crippen molar-refractivity contribution in [2.75, 3.05) is 26.7 Å². The molecule has 0 radical (unpaired) electrons. The smallest absolute Gasteiger partial charge is 0.329 e. The fourth-order valence-electron chi connectivity index (χ4n) is 3.93. The summed E-state index contributed by atoms with van der Waals surface area (Å²) in [4.78, 5) is 47.0. The molecule has 2 aromatic heterocycles. The Hall–Kier alpha value is -2.48. The molecule has 3 rings (SSSR count). The molecular formula is C20H29N5O3. The molecule has 1 unspecified atom stereocenters. The van der Waals surface area contributed by atoms with E-state index >= 15 is 0 Å². The number of carbonyl (C=O) groups is 1. The average molecular weight is 387 g/mol. The number of amides is 1. The van der Waals surface area contributed by atoms with E-state index in [0.29, 0.717) is 36.8 Å². The van der Waals surface area contributed by atoms with E-state index in [1.165, 1.54) is 4.57 Å². The second kappa shape index (κ2) is 8.26. The first-order valence-corrected chi connectivity index (χ1v) is 9.99. The molecule has 1 atom stereocenters. The number of nitrogens with one attached hydrogen (secondary N) is 2. The molecule has 8 nitrogen and oxygen atoms in total. The maximum atomic E-state index is 13.4. The molecule has 2 aromatic rings. The van der Waals surface area contributed by atoms with Gasteiger partial charge in [-0.2, -0.15) is 0 Å². The van der Waals surface area contributed by atoms with E-state index in [1.807, 2.05) is 32.7 Å². The van der Waals surface area contributed by atoms with E-state index in [-0.39, 0.29) is 22.9 Å². The van der Waals surface area contributed by atoms with Gasteiger partial charge in [0.05, 0.1) is 10.9 Å². The maximum absolute atomic E-state index is 13.4. The molecule has 1 saturated heterocycles. The van der Waals surface area contributed by atoms with Crippen molar-refractivity contribution in [3.8, 4) is 0 Å². The number of aromatic nitrogens is 3. The van der Waals surface area contributed by atoms with Crippen molar-refractivity contribution in [1.29, 1.82) is 0 Å². The lowest BCUT2D eigenvalue weighted by Crippen LogP contribution is -2.43. The zero-order valence-corrected chi connectivity index (χ0v) is 17.0. The Labute approximate surface area is 164 Å². The first-order valence-electron chi connectivity index (χ1n) is 9.99. The second-order valence-corrected chi connectivity index (χ2v) is 7.77. The Balaban J connectivity index is 2.17. The number of aromatic amines is 1. The van der Waals surface area contributed by atoms with E-state index in [1.54, 1.807) is 6.07 Å². The number of likely N-dealkylation sites (tertiary alicyclic amines) is 1. The molecule has 1 aliphatic heterocycles. The van der Waals surface area contributed by atoms with E-state index in [4.69, 9.17) is 0 Å². The fraction of sp³-hybridized carbons (Fsp3) is 0.600. The van der Waals surface area contributed by atoms with Gasteiger partial charge >= 0.3 is 5.69 Å². The molecule has 1 aliphatic rings. The molecular weight excluding hydrogens is 358 g/mol. The minimum absolute atomic E-state index is 0.0639. The molecule has 152 valence electrons. The monoisotopic (exact) mass is 387 g/mol. The molecule has 0 saturated carbocycles. The van der Waals surface area contributed by atoms with Crippen LogP contribution in [-0.2, 0) is 6.54 Å². The number of nitrogens with zero attached hydrogens (tertiary/aromatic N) is 3. The highest BCUT2D eigenvalue weighted by molar-refractivity contribution is 6.05. The summed E-state index contributed by atoms with van der Waals surface area (Å²) in [7, 11) is 1.91. The topological polar surface area (TPSA) is 100 Å². The predicted molar refractivity (Wildman–Crippen MR) is 109 cm³/mol. The van der Waals surface area contributed by atoms with Crippen molar-refractivity contribution in [2.24, 2.45) is 5.92 Å². The van der Waals surface area contributed by atoms with Gasteiger partial charge in [0.1, 0.15) is 0 Å². The van der Waals surface area contributed by atoms with Gasteiger partial charge in [-0.25, -0.2) is 9.78 Å². The van der Waals surface area contributed by atoms with Gasteiger partial charge in [-0.1, -0.05) is 13.8 Å². The van der Waals surface area contributed by atoms with E-state index in [9.17, 15) is 14.4 Å². The molecule has 0 aliphatic carbocycles. The van der Waals surface area contributed by atoms with Crippen molar-refractivity contribution in [3.05, 3.63) is 38.2 Å². The molecule has 3 heterocycles. The summed E-state index contributed by atoms with van der Waals surface area (Å²) in [5.74, 6) is 0.295. The first-order chi connectivity index (χ1) is 13.4. The number of carbonyl (C=O) groups excluding carboxylic acids is 1. The lowest BCUT2D eigenvalue weighted by molar-refractivity contribution is 0.0676. The number of pyridine rings is 1. The molecule has 0 aromatic carbocycles. The van der Waals surface area contributed by atoms with Crippen LogP contribution in [0.4, 0.5) is 0 Å². The highest BCUT2D eigenvalue weighted by Crippen LogP contribution is 2.23. The van der Waals surface area contributed by atoms with Crippen LogP contribution in [0.1, 0.15) is 55.6 Å². The minimum Gasteiger partial charge on any atom is -0.338 e. The Morgan fingerprint density at radius 3 is 2.79 bits per heavy atom. The molecule has 1 fully saturated rings. The van der Waals surface area contributed by atoms with Crippen molar-refractivity contribution in [1.82, 2.24) is 24.8 Å². The Morgan fingerprint density at radius 1 is 1.39 bits per heavy atom. The zero-order valence-electron chi connectivity index (χ0n) is 17.0. The SMILES string of the molecule is CCn1c(=O)[nH]c(=O)c2c(C(=O)N3CCCC(CNC)C3)cc(C(C)C)nc21. The van der Waals surface area contributed by atoms with Gasteiger partial charge in [0.25, 0.3) is 11.5 Å². The second-order valence-electron chi connectivity index (χ2n) is 7.77. The summed E-state index contributed by atoms with van der Waals surface area (Å²) >= 11 is 0. The van der Waals surface area contributed by atoms with Crippen molar-refractivity contribution < 1.29 is 4.79 Å². The van der Waals surface area contributed by atoms with Gasteiger partial charge in [0.15, 0.2) is 5.65 Å². The highest BCUT2D eigenvalue weighted by atomic mass is 16.2. The molecule has 1 amide bonds. The number of piperidine rings is 1. The molecule has 28 heavy (non-hydrogen) atoms. The zero-order chi connectivity index (χ0) is 20.4. The fourth-order valence-corrected chi connectivity index (χ4v) is 3.93. The third-order valence-corrected chi connectivity index (χ3v) is 5.41. The summed E-state index contributed by atoms with van der Waals surface area (Å²) in [6, 6.07) is 1.72. The number of hydrogen-bond acceptors (Lipinski definition) is 5. The summed E-state index contributed by atoms with van der Waals surface area (Å²) < 4.78 is 1.42. The molecule has 2 N–H and O–H groups in total. The van der Waals surface area contributed by atoms with Gasteiger partial charge in [-0.05, 0) is 51.3 Å². The summed E-state index contributed by atoms with van der Waals surface area (Å²) in [5.41, 5.74) is 0.266. The van der Waals surface area contributed by atoms with Gasteiger partial charge in [-0.15, -0.1) is 0 Å². The maximum Gasteiger partial charge on any atom is 0.329 e. The Kier molecular flexibility index (Phi) is 5.98. The van der Waals surface area contributed by atoms with Crippen LogP contribution < -0.4 is 16.6 Å². The van der Waals surface area contributed by atoms with Crippen molar-refractivity contribution in [3.63, 3.8) is 0 Å². The number of hydrogen-bond donors (Lipinski definition) is 2. The van der Waals surface area contributed by atoms with E-state index in [2.05, 4.69) is 15.3 Å². The quantitative estimate of drug-likeness (QED) is 0.805. The summed E-state index contributed by atoms with van der Waals surface area (Å²) in [5, 5.41) is 3.38. The standard InChI is InChI=1S/C20H29N5O3/c1-5-25-17-16(18(26)23-20(25)28)14(9-15(22-17)12(2)3)19(27)24-8-6-7-13(11-24)10-21-4/h9,12-13,21H,5-8,10-11H2,1-4H3,(H,23,26,28). The van der Waals surface area contributed by atoms with Gasteiger partial charge < -0.3 is 10.2 Å². The molecule has 0 spiro atoms. The third kappa shape index (κ3) is 3.73. The van der Waals surface area contributed by atoms with Crippen LogP contribution in [0, 0.1) is 5.92 Å². The lowest BCUT2D eigenvalue weighted by atomic mass is 9.96. The van der Waals surface area contributed by atoms with Gasteiger partial charge in [-0.3, -0.25) is 19.1 Å². The summed E-state index contributed by atoms with van der Waals surface area (Å²) in [6.45, 7) is 8.33. The predicted octanol–water partition coefficient (Wildman–Crippen LogP) is 1.30. The number of aryl methyl sites for hydroxylation is 1.